The molecule has 1 aliphatic heterocycles. The normalized spacial score (nSPS) is 23.1. The second-order valence-corrected chi connectivity index (χ2v) is 5.51. The van der Waals surface area contributed by atoms with Crippen molar-refractivity contribution in [3.8, 4) is 0 Å². The van der Waals surface area contributed by atoms with E-state index >= 15 is 0 Å². The van der Waals surface area contributed by atoms with E-state index in [4.69, 9.17) is 0 Å². The maximum Gasteiger partial charge on any atom is 0.279 e. The minimum Gasteiger partial charge on any atom is -0.325 e. The van der Waals surface area contributed by atoms with Gasteiger partial charge in [0.05, 0.1) is 18.3 Å². The van der Waals surface area contributed by atoms with Gasteiger partial charge in [-0.25, -0.2) is 4.39 Å². The Hall–Kier alpha value is -1.42. The highest BCUT2D eigenvalue weighted by atomic mass is 19.1. The van der Waals surface area contributed by atoms with Crippen molar-refractivity contribution < 1.29 is 14.1 Å². The van der Waals surface area contributed by atoms with E-state index in [2.05, 4.69) is 12.2 Å². The fraction of sp³-hybridized carbons (Fsp3) is 0.533. The lowest BCUT2D eigenvalue weighted by Crippen LogP contribution is -3.17. The van der Waals surface area contributed by atoms with E-state index < -0.39 is 0 Å². The zero-order valence-corrected chi connectivity index (χ0v) is 11.6. The first-order chi connectivity index (χ1) is 9.06. The monoisotopic (exact) mass is 265 g/mol. The van der Waals surface area contributed by atoms with Gasteiger partial charge in [0.2, 0.25) is 0 Å². The first-order valence-corrected chi connectivity index (χ1v) is 6.97. The van der Waals surface area contributed by atoms with Gasteiger partial charge in [0.15, 0.2) is 6.54 Å². The van der Waals surface area contributed by atoms with Crippen molar-refractivity contribution in [1.82, 2.24) is 0 Å². The second-order valence-electron chi connectivity index (χ2n) is 5.51. The number of hydrogen-bond donors (Lipinski definition) is 2. The molecule has 1 unspecified atom stereocenters. The molecule has 0 saturated carbocycles. The number of rotatable bonds is 3. The molecule has 1 aliphatic rings. The first-order valence-electron chi connectivity index (χ1n) is 6.97. The number of nitrogens with one attached hydrogen (secondary N) is 2. The zero-order valence-electron chi connectivity index (χ0n) is 11.6. The number of hydrogen-bond acceptors (Lipinski definition) is 1. The molecule has 1 saturated heterocycles. The van der Waals surface area contributed by atoms with Crippen LogP contribution in [0.2, 0.25) is 0 Å². The number of aryl methyl sites for hydroxylation is 1. The Kier molecular flexibility index (Phi) is 4.53. The average Bonchev–Trinajstić information content (AvgIpc) is 2.36. The minimum absolute atomic E-state index is 0.105. The molecule has 0 bridgehead atoms. The van der Waals surface area contributed by atoms with E-state index in [1.165, 1.54) is 30.2 Å². The maximum absolute atomic E-state index is 13.6. The molecule has 0 aliphatic carbocycles. The lowest BCUT2D eigenvalue weighted by molar-refractivity contribution is -0.920. The molecule has 4 heteroatoms. The van der Waals surface area contributed by atoms with Crippen LogP contribution in [-0.4, -0.2) is 25.0 Å². The number of halogens is 1. The number of amides is 1. The van der Waals surface area contributed by atoms with Gasteiger partial charge in [-0.05, 0) is 50.8 Å². The molecule has 1 heterocycles. The highest BCUT2D eigenvalue weighted by Gasteiger charge is 2.24. The topological polar surface area (TPSA) is 33.5 Å². The molecule has 19 heavy (non-hydrogen) atoms. The minimum atomic E-state index is -0.366. The van der Waals surface area contributed by atoms with E-state index in [1.54, 1.807) is 12.1 Å². The molecular weight excluding hydrogens is 243 g/mol. The summed E-state index contributed by atoms with van der Waals surface area (Å²) in [6.45, 7) is 5.46. The van der Waals surface area contributed by atoms with Crippen molar-refractivity contribution in [1.29, 1.82) is 0 Å². The van der Waals surface area contributed by atoms with E-state index in [9.17, 15) is 9.18 Å². The fourth-order valence-electron chi connectivity index (χ4n) is 2.64. The Morgan fingerprint density at radius 1 is 1.47 bits per heavy atom. The Morgan fingerprint density at radius 3 is 2.95 bits per heavy atom. The average molecular weight is 265 g/mol. The van der Waals surface area contributed by atoms with Crippen LogP contribution in [0.1, 0.15) is 31.7 Å². The van der Waals surface area contributed by atoms with Crippen molar-refractivity contribution in [2.75, 3.05) is 18.4 Å². The van der Waals surface area contributed by atoms with Crippen LogP contribution >= 0.6 is 0 Å². The molecule has 1 amide bonds. The van der Waals surface area contributed by atoms with Crippen LogP contribution in [0.3, 0.4) is 0 Å². The molecule has 2 rings (SSSR count). The number of quaternary nitrogens is 1. The molecule has 2 atom stereocenters. The third-order valence-corrected chi connectivity index (χ3v) is 3.87. The predicted molar refractivity (Wildman–Crippen MR) is 73.8 cm³/mol. The van der Waals surface area contributed by atoms with Crippen molar-refractivity contribution >= 4 is 11.6 Å². The van der Waals surface area contributed by atoms with Crippen LogP contribution in [0.15, 0.2) is 18.2 Å². The molecule has 2 N–H and O–H groups in total. The molecule has 0 radical (unpaired) electrons. The number of anilines is 1. The van der Waals surface area contributed by atoms with E-state index in [0.717, 1.165) is 12.1 Å². The first kappa shape index (κ1) is 14.0. The summed E-state index contributed by atoms with van der Waals surface area (Å²) >= 11 is 0. The summed E-state index contributed by atoms with van der Waals surface area (Å²) in [6, 6.07) is 5.38. The highest BCUT2D eigenvalue weighted by molar-refractivity contribution is 5.91. The van der Waals surface area contributed by atoms with Gasteiger partial charge in [-0.2, -0.15) is 0 Å². The quantitative estimate of drug-likeness (QED) is 0.854. The van der Waals surface area contributed by atoms with Gasteiger partial charge in [0.25, 0.3) is 5.91 Å². The molecule has 1 aromatic rings. The maximum atomic E-state index is 13.6. The number of likely N-dealkylation sites (tertiary alicyclic amines) is 1. The molecule has 0 spiro atoms. The smallest absolute Gasteiger partial charge is 0.279 e. The summed E-state index contributed by atoms with van der Waals surface area (Å²) in [7, 11) is 0. The van der Waals surface area contributed by atoms with Crippen LogP contribution in [0.5, 0.6) is 0 Å². The van der Waals surface area contributed by atoms with Crippen LogP contribution in [-0.2, 0) is 4.79 Å². The Morgan fingerprint density at radius 2 is 2.26 bits per heavy atom. The number of carbonyl (C=O) groups is 1. The van der Waals surface area contributed by atoms with Crippen LogP contribution in [0.4, 0.5) is 10.1 Å². The largest absolute Gasteiger partial charge is 0.325 e. The molecule has 104 valence electrons. The van der Waals surface area contributed by atoms with Crippen LogP contribution in [0.25, 0.3) is 0 Å². The Labute approximate surface area is 113 Å². The number of carbonyl (C=O) groups excluding carboxylic acids is 1. The Balaban J connectivity index is 1.93. The molecule has 0 aromatic heterocycles. The van der Waals surface area contributed by atoms with E-state index in [-0.39, 0.29) is 17.4 Å². The van der Waals surface area contributed by atoms with Crippen molar-refractivity contribution in [2.45, 2.75) is 39.2 Å². The summed E-state index contributed by atoms with van der Waals surface area (Å²) in [5.41, 5.74) is 1.13. The SMILES string of the molecule is Cc1ccc(NC(=O)C[NH+]2CCCC[C@@H]2C)c(F)c1. The van der Waals surface area contributed by atoms with Crippen molar-refractivity contribution in [3.63, 3.8) is 0 Å². The molecule has 3 nitrogen and oxygen atoms in total. The summed E-state index contributed by atoms with van der Waals surface area (Å²) in [5, 5.41) is 2.67. The van der Waals surface area contributed by atoms with Gasteiger partial charge >= 0.3 is 0 Å². The van der Waals surface area contributed by atoms with Gasteiger partial charge in [0.1, 0.15) is 5.82 Å². The molecule has 1 aromatic carbocycles. The number of piperidine rings is 1. The highest BCUT2D eigenvalue weighted by Crippen LogP contribution is 2.14. The zero-order chi connectivity index (χ0) is 13.8. The van der Waals surface area contributed by atoms with Gasteiger partial charge < -0.3 is 10.2 Å². The lowest BCUT2D eigenvalue weighted by atomic mass is 10.0. The van der Waals surface area contributed by atoms with E-state index in [1.807, 2.05) is 6.92 Å². The third-order valence-electron chi connectivity index (χ3n) is 3.87. The van der Waals surface area contributed by atoms with Crippen molar-refractivity contribution in [3.05, 3.63) is 29.6 Å². The van der Waals surface area contributed by atoms with Gasteiger partial charge in [0, 0.05) is 0 Å². The van der Waals surface area contributed by atoms with Gasteiger partial charge in [-0.3, -0.25) is 4.79 Å². The summed E-state index contributed by atoms with van der Waals surface area (Å²) in [4.78, 5) is 13.3. The summed E-state index contributed by atoms with van der Waals surface area (Å²) in [5.74, 6) is -0.471. The van der Waals surface area contributed by atoms with Crippen LogP contribution < -0.4 is 10.2 Å². The van der Waals surface area contributed by atoms with E-state index in [0.29, 0.717) is 12.6 Å². The third kappa shape index (κ3) is 3.77. The number of benzene rings is 1. The summed E-state index contributed by atoms with van der Waals surface area (Å²) in [6.07, 6.45) is 3.59. The van der Waals surface area contributed by atoms with Crippen molar-refractivity contribution in [2.24, 2.45) is 0 Å². The van der Waals surface area contributed by atoms with Crippen LogP contribution in [0, 0.1) is 12.7 Å². The summed E-state index contributed by atoms with van der Waals surface area (Å²) < 4.78 is 13.6. The second kappa shape index (κ2) is 6.15. The van der Waals surface area contributed by atoms with Gasteiger partial charge in [-0.1, -0.05) is 6.07 Å². The van der Waals surface area contributed by atoms with Gasteiger partial charge in [-0.15, -0.1) is 0 Å². The standard InChI is InChI=1S/C15H21FN2O/c1-11-6-7-14(13(16)9-11)17-15(19)10-18-8-4-3-5-12(18)2/h6-7,9,12H,3-5,8,10H2,1-2H3,(H,17,19)/p+1/t12-/m0/s1. The molecular formula is C15H22FN2O+. The molecule has 1 fully saturated rings. The fourth-order valence-corrected chi connectivity index (χ4v) is 2.64. The Bertz CT molecular complexity index is 461. The predicted octanol–water partition coefficient (Wildman–Crippen LogP) is 1.53. The lowest BCUT2D eigenvalue weighted by Gasteiger charge is -2.29.